The molecular formula is C20H22F2N4O2. The van der Waals surface area contributed by atoms with Crippen molar-refractivity contribution in [1.29, 1.82) is 0 Å². The number of hydrogen-bond acceptors (Lipinski definition) is 3. The van der Waals surface area contributed by atoms with Crippen molar-refractivity contribution in [3.05, 3.63) is 36.0 Å². The van der Waals surface area contributed by atoms with Gasteiger partial charge in [-0.3, -0.25) is 14.3 Å². The van der Waals surface area contributed by atoms with E-state index in [1.807, 2.05) is 0 Å². The van der Waals surface area contributed by atoms with Gasteiger partial charge in [0.2, 0.25) is 5.91 Å². The smallest absolute Gasteiger partial charge is 0.254 e. The van der Waals surface area contributed by atoms with Gasteiger partial charge in [-0.05, 0) is 37.1 Å². The van der Waals surface area contributed by atoms with Crippen molar-refractivity contribution in [3.8, 4) is 11.3 Å². The van der Waals surface area contributed by atoms with Gasteiger partial charge in [-0.15, -0.1) is 0 Å². The molecule has 0 radical (unpaired) electrons. The van der Waals surface area contributed by atoms with Crippen LogP contribution in [0.5, 0.6) is 0 Å². The third-order valence-electron chi connectivity index (χ3n) is 5.24. The van der Waals surface area contributed by atoms with E-state index in [4.69, 9.17) is 0 Å². The number of likely N-dealkylation sites (tertiary alicyclic amines) is 1. The first-order valence-electron chi connectivity index (χ1n) is 9.44. The van der Waals surface area contributed by atoms with Crippen LogP contribution in [0.15, 0.2) is 30.5 Å². The molecule has 28 heavy (non-hydrogen) atoms. The zero-order chi connectivity index (χ0) is 19.9. The Balaban J connectivity index is 1.63. The summed E-state index contributed by atoms with van der Waals surface area (Å²) >= 11 is 0. The Kier molecular flexibility index (Phi) is 4.64. The average molecular weight is 388 g/mol. The van der Waals surface area contributed by atoms with Crippen molar-refractivity contribution in [2.24, 2.45) is 13.0 Å². The standard InChI is InChI=1S/C20H22F2N4O2/c1-25-9-6-17(24-25)16-12-14(23-18(27)13-2-3-13)4-5-15(16)19(28)26-10-7-20(21,22)8-11-26/h4-6,9,12-13H,2-3,7-8,10-11H2,1H3,(H,23,27). The first-order valence-corrected chi connectivity index (χ1v) is 9.44. The van der Waals surface area contributed by atoms with Gasteiger partial charge >= 0.3 is 0 Å². The first kappa shape index (κ1) is 18.6. The molecule has 2 amide bonds. The van der Waals surface area contributed by atoms with Gasteiger partial charge in [-0.1, -0.05) is 0 Å². The molecule has 0 spiro atoms. The maximum absolute atomic E-state index is 13.4. The number of amides is 2. The largest absolute Gasteiger partial charge is 0.338 e. The van der Waals surface area contributed by atoms with Crippen molar-refractivity contribution < 1.29 is 18.4 Å². The van der Waals surface area contributed by atoms with E-state index in [2.05, 4.69) is 10.4 Å². The molecule has 1 saturated carbocycles. The fourth-order valence-corrected chi connectivity index (χ4v) is 3.38. The topological polar surface area (TPSA) is 67.2 Å². The van der Waals surface area contributed by atoms with Gasteiger partial charge in [0.25, 0.3) is 11.8 Å². The first-order chi connectivity index (χ1) is 13.3. The highest BCUT2D eigenvalue weighted by molar-refractivity contribution is 6.02. The molecule has 2 aliphatic rings. The van der Waals surface area contributed by atoms with Gasteiger partial charge in [0.1, 0.15) is 0 Å². The number of nitrogens with zero attached hydrogens (tertiary/aromatic N) is 3. The third-order valence-corrected chi connectivity index (χ3v) is 5.24. The molecule has 1 aliphatic carbocycles. The van der Waals surface area contributed by atoms with E-state index in [0.29, 0.717) is 22.5 Å². The van der Waals surface area contributed by atoms with Crippen LogP contribution in [-0.4, -0.2) is 45.5 Å². The summed E-state index contributed by atoms with van der Waals surface area (Å²) in [6.07, 6.45) is 2.91. The van der Waals surface area contributed by atoms with Crippen LogP contribution in [0.2, 0.25) is 0 Å². The number of hydrogen-bond donors (Lipinski definition) is 1. The molecule has 4 rings (SSSR count). The second kappa shape index (κ2) is 7.00. The Morgan fingerprint density at radius 1 is 1.18 bits per heavy atom. The number of piperidine rings is 1. The highest BCUT2D eigenvalue weighted by atomic mass is 19.3. The summed E-state index contributed by atoms with van der Waals surface area (Å²) in [6, 6.07) is 6.83. The van der Waals surface area contributed by atoms with Crippen LogP contribution >= 0.6 is 0 Å². The highest BCUT2D eigenvalue weighted by Gasteiger charge is 2.36. The Hall–Kier alpha value is -2.77. The van der Waals surface area contributed by atoms with E-state index in [1.165, 1.54) is 4.90 Å². The number of carbonyl (C=O) groups excluding carboxylic acids is 2. The van der Waals surface area contributed by atoms with E-state index in [-0.39, 0.29) is 43.7 Å². The van der Waals surface area contributed by atoms with Crippen LogP contribution in [0.25, 0.3) is 11.3 Å². The maximum atomic E-state index is 13.4. The van der Waals surface area contributed by atoms with Crippen molar-refractivity contribution in [2.75, 3.05) is 18.4 Å². The molecule has 1 aromatic carbocycles. The number of carbonyl (C=O) groups is 2. The summed E-state index contributed by atoms with van der Waals surface area (Å²) in [6.45, 7) is 0.0430. The number of halogens is 2. The van der Waals surface area contributed by atoms with Gasteiger partial charge in [0.05, 0.1) is 5.69 Å². The molecule has 8 heteroatoms. The lowest BCUT2D eigenvalue weighted by atomic mass is 10.00. The van der Waals surface area contributed by atoms with Gasteiger partial charge in [-0.2, -0.15) is 5.10 Å². The quantitative estimate of drug-likeness (QED) is 0.874. The highest BCUT2D eigenvalue weighted by Crippen LogP contribution is 2.33. The minimum atomic E-state index is -2.71. The summed E-state index contributed by atoms with van der Waals surface area (Å²) in [5.74, 6) is -2.97. The Bertz CT molecular complexity index is 911. The molecule has 6 nitrogen and oxygen atoms in total. The van der Waals surface area contributed by atoms with Crippen molar-refractivity contribution >= 4 is 17.5 Å². The van der Waals surface area contributed by atoms with Crippen LogP contribution in [0.4, 0.5) is 14.5 Å². The Labute approximate surface area is 161 Å². The minimum Gasteiger partial charge on any atom is -0.338 e. The van der Waals surface area contributed by atoms with Crippen LogP contribution in [-0.2, 0) is 11.8 Å². The number of rotatable bonds is 4. The lowest BCUT2D eigenvalue weighted by Gasteiger charge is -2.32. The normalized spacial score (nSPS) is 18.8. The molecule has 1 aliphatic heterocycles. The number of aromatic nitrogens is 2. The molecule has 1 N–H and O–H groups in total. The summed E-state index contributed by atoms with van der Waals surface area (Å²) in [5, 5.41) is 7.25. The number of nitrogens with one attached hydrogen (secondary N) is 1. The van der Waals surface area contributed by atoms with Crippen molar-refractivity contribution in [2.45, 2.75) is 31.6 Å². The molecule has 1 saturated heterocycles. The summed E-state index contributed by atoms with van der Waals surface area (Å²) in [5.41, 5.74) is 2.17. The lowest BCUT2D eigenvalue weighted by molar-refractivity contribution is -0.117. The number of aryl methyl sites for hydroxylation is 1. The molecule has 0 unspecified atom stereocenters. The van der Waals surface area contributed by atoms with Crippen LogP contribution in [0.3, 0.4) is 0 Å². The number of benzene rings is 1. The molecule has 2 heterocycles. The zero-order valence-electron chi connectivity index (χ0n) is 15.6. The van der Waals surface area contributed by atoms with E-state index in [0.717, 1.165) is 12.8 Å². The second-order valence-corrected chi connectivity index (χ2v) is 7.55. The molecule has 148 valence electrons. The van der Waals surface area contributed by atoms with Gasteiger partial charge in [-0.25, -0.2) is 8.78 Å². The summed E-state index contributed by atoms with van der Waals surface area (Å²) < 4.78 is 28.5. The van der Waals surface area contributed by atoms with Crippen LogP contribution in [0, 0.1) is 5.92 Å². The third kappa shape index (κ3) is 3.90. The molecule has 2 fully saturated rings. The SMILES string of the molecule is Cn1ccc(-c2cc(NC(=O)C3CC3)ccc2C(=O)N2CCC(F)(F)CC2)n1. The fourth-order valence-electron chi connectivity index (χ4n) is 3.38. The monoisotopic (exact) mass is 388 g/mol. The molecule has 1 aromatic heterocycles. The van der Waals surface area contributed by atoms with E-state index in [1.54, 1.807) is 42.2 Å². The van der Waals surface area contributed by atoms with Crippen LogP contribution < -0.4 is 5.32 Å². The fraction of sp³-hybridized carbons (Fsp3) is 0.450. The van der Waals surface area contributed by atoms with Crippen LogP contribution in [0.1, 0.15) is 36.0 Å². The van der Waals surface area contributed by atoms with E-state index < -0.39 is 5.92 Å². The zero-order valence-corrected chi connectivity index (χ0v) is 15.6. The lowest BCUT2D eigenvalue weighted by Crippen LogP contribution is -2.42. The van der Waals surface area contributed by atoms with Crippen molar-refractivity contribution in [3.63, 3.8) is 0 Å². The average Bonchev–Trinajstić information content (AvgIpc) is 3.42. The number of anilines is 1. The predicted molar refractivity (Wildman–Crippen MR) is 100 cm³/mol. The van der Waals surface area contributed by atoms with Gasteiger partial charge < -0.3 is 10.2 Å². The molecular weight excluding hydrogens is 366 g/mol. The van der Waals surface area contributed by atoms with Gasteiger partial charge in [0, 0.05) is 61.9 Å². The molecule has 0 bridgehead atoms. The predicted octanol–water partition coefficient (Wildman–Crippen LogP) is 3.31. The maximum Gasteiger partial charge on any atom is 0.254 e. The summed E-state index contributed by atoms with van der Waals surface area (Å²) in [7, 11) is 1.77. The number of alkyl halides is 2. The molecule has 0 atom stereocenters. The van der Waals surface area contributed by atoms with E-state index >= 15 is 0 Å². The summed E-state index contributed by atoms with van der Waals surface area (Å²) in [4.78, 5) is 26.6. The Morgan fingerprint density at radius 3 is 2.50 bits per heavy atom. The second-order valence-electron chi connectivity index (χ2n) is 7.55. The van der Waals surface area contributed by atoms with Crippen molar-refractivity contribution in [1.82, 2.24) is 14.7 Å². The van der Waals surface area contributed by atoms with E-state index in [9.17, 15) is 18.4 Å². The van der Waals surface area contributed by atoms with Gasteiger partial charge in [0.15, 0.2) is 0 Å². The minimum absolute atomic E-state index is 0.0215. The Morgan fingerprint density at radius 2 is 1.89 bits per heavy atom. The molecule has 2 aromatic rings.